The molecule has 0 amide bonds. The highest BCUT2D eigenvalue weighted by Gasteiger charge is 2.18. The summed E-state index contributed by atoms with van der Waals surface area (Å²) in [6, 6.07) is 4.16. The average molecular weight is 270 g/mol. The van der Waals surface area contributed by atoms with E-state index in [0.717, 1.165) is 43.2 Å². The summed E-state index contributed by atoms with van der Waals surface area (Å²) in [6.07, 6.45) is 2.01. The number of anilines is 1. The first-order valence-electron chi connectivity index (χ1n) is 6.26. The molecular formula is C13H16ClNO3. The Kier molecular flexibility index (Phi) is 3.48. The first-order chi connectivity index (χ1) is 8.83. The third kappa shape index (κ3) is 2.49. The summed E-state index contributed by atoms with van der Waals surface area (Å²) < 4.78 is 16.4. The minimum Gasteiger partial charge on any atom is -0.486 e. The summed E-state index contributed by atoms with van der Waals surface area (Å²) in [4.78, 5) is 0. The summed E-state index contributed by atoms with van der Waals surface area (Å²) in [5.74, 6) is 1.49. The molecule has 0 aliphatic carbocycles. The molecule has 1 fully saturated rings. The van der Waals surface area contributed by atoms with Crippen molar-refractivity contribution in [2.45, 2.75) is 18.9 Å². The van der Waals surface area contributed by atoms with Gasteiger partial charge in [0.25, 0.3) is 0 Å². The Balaban J connectivity index is 1.78. The number of ether oxygens (including phenoxy) is 3. The van der Waals surface area contributed by atoms with E-state index in [2.05, 4.69) is 5.32 Å². The first kappa shape index (κ1) is 11.9. The van der Waals surface area contributed by atoms with Crippen molar-refractivity contribution < 1.29 is 14.2 Å². The van der Waals surface area contributed by atoms with Gasteiger partial charge in [-0.15, -0.1) is 0 Å². The monoisotopic (exact) mass is 269 g/mol. The number of nitrogens with one attached hydrogen (secondary N) is 1. The van der Waals surface area contributed by atoms with E-state index in [-0.39, 0.29) is 0 Å². The topological polar surface area (TPSA) is 39.7 Å². The van der Waals surface area contributed by atoms with Gasteiger partial charge in [-0.3, -0.25) is 0 Å². The zero-order chi connectivity index (χ0) is 12.4. The molecule has 5 heteroatoms. The summed E-state index contributed by atoms with van der Waals surface area (Å²) in [5.41, 5.74) is 0.910. The highest BCUT2D eigenvalue weighted by Crippen LogP contribution is 2.38. The van der Waals surface area contributed by atoms with E-state index in [9.17, 15) is 0 Å². The van der Waals surface area contributed by atoms with Gasteiger partial charge in [-0.1, -0.05) is 11.6 Å². The lowest BCUT2D eigenvalue weighted by molar-refractivity contribution is 0.0904. The summed E-state index contributed by atoms with van der Waals surface area (Å²) >= 11 is 6.25. The Morgan fingerprint density at radius 3 is 2.39 bits per heavy atom. The Labute approximate surface area is 111 Å². The predicted octanol–water partition coefficient (Wildman–Crippen LogP) is 2.70. The number of hydrogen-bond acceptors (Lipinski definition) is 4. The SMILES string of the molecule is Clc1cc2c(cc1NC1CCOCC1)OCCO2. The van der Waals surface area contributed by atoms with Gasteiger partial charge in [0.15, 0.2) is 11.5 Å². The van der Waals surface area contributed by atoms with Crippen molar-refractivity contribution in [3.63, 3.8) is 0 Å². The average Bonchev–Trinajstić information content (AvgIpc) is 2.41. The third-order valence-electron chi connectivity index (χ3n) is 3.21. The molecule has 2 heterocycles. The van der Waals surface area contributed by atoms with Crippen LogP contribution in [0.25, 0.3) is 0 Å². The molecule has 3 rings (SSSR count). The van der Waals surface area contributed by atoms with Crippen molar-refractivity contribution in [3.05, 3.63) is 17.2 Å². The molecule has 18 heavy (non-hydrogen) atoms. The fraction of sp³-hybridized carbons (Fsp3) is 0.538. The maximum atomic E-state index is 6.25. The van der Waals surface area contributed by atoms with Crippen molar-refractivity contribution in [2.75, 3.05) is 31.7 Å². The van der Waals surface area contributed by atoms with E-state index in [0.29, 0.717) is 24.3 Å². The fourth-order valence-electron chi connectivity index (χ4n) is 2.24. The summed E-state index contributed by atoms with van der Waals surface area (Å²) in [7, 11) is 0. The van der Waals surface area contributed by atoms with Crippen LogP contribution in [0.4, 0.5) is 5.69 Å². The molecule has 0 saturated carbocycles. The molecule has 0 atom stereocenters. The van der Waals surface area contributed by atoms with Gasteiger partial charge in [0.2, 0.25) is 0 Å². The van der Waals surface area contributed by atoms with Crippen LogP contribution in [0, 0.1) is 0 Å². The molecule has 2 aliphatic heterocycles. The molecule has 1 aromatic rings. The van der Waals surface area contributed by atoms with Gasteiger partial charge in [0.05, 0.1) is 10.7 Å². The molecule has 0 spiro atoms. The smallest absolute Gasteiger partial charge is 0.163 e. The van der Waals surface area contributed by atoms with Crippen LogP contribution in [0.1, 0.15) is 12.8 Å². The maximum Gasteiger partial charge on any atom is 0.163 e. The van der Waals surface area contributed by atoms with E-state index in [1.807, 2.05) is 12.1 Å². The van der Waals surface area contributed by atoms with Gasteiger partial charge >= 0.3 is 0 Å². The molecule has 0 unspecified atom stereocenters. The van der Waals surface area contributed by atoms with Crippen LogP contribution in [0.3, 0.4) is 0 Å². The molecular weight excluding hydrogens is 254 g/mol. The van der Waals surface area contributed by atoms with Gasteiger partial charge < -0.3 is 19.5 Å². The van der Waals surface area contributed by atoms with Gasteiger partial charge in [-0.25, -0.2) is 0 Å². The van der Waals surface area contributed by atoms with Crippen molar-refractivity contribution in [1.82, 2.24) is 0 Å². The lowest BCUT2D eigenvalue weighted by atomic mass is 10.1. The molecule has 0 bridgehead atoms. The summed E-state index contributed by atoms with van der Waals surface area (Å²) in [5, 5.41) is 4.12. The second-order valence-electron chi connectivity index (χ2n) is 4.51. The van der Waals surface area contributed by atoms with Crippen LogP contribution >= 0.6 is 11.6 Å². The van der Waals surface area contributed by atoms with Crippen molar-refractivity contribution in [2.24, 2.45) is 0 Å². The zero-order valence-corrected chi connectivity index (χ0v) is 10.8. The van der Waals surface area contributed by atoms with Crippen LogP contribution in [0.5, 0.6) is 11.5 Å². The Bertz CT molecular complexity index is 432. The van der Waals surface area contributed by atoms with Gasteiger partial charge in [0.1, 0.15) is 13.2 Å². The summed E-state index contributed by atoms with van der Waals surface area (Å²) in [6.45, 7) is 2.78. The lowest BCUT2D eigenvalue weighted by Gasteiger charge is -2.26. The van der Waals surface area contributed by atoms with Crippen molar-refractivity contribution >= 4 is 17.3 Å². The van der Waals surface area contributed by atoms with E-state index >= 15 is 0 Å². The van der Waals surface area contributed by atoms with Crippen LogP contribution in [0.15, 0.2) is 12.1 Å². The van der Waals surface area contributed by atoms with Crippen LogP contribution in [-0.4, -0.2) is 32.5 Å². The second-order valence-corrected chi connectivity index (χ2v) is 4.91. The predicted molar refractivity (Wildman–Crippen MR) is 69.9 cm³/mol. The number of fused-ring (bicyclic) bond motifs is 1. The highest BCUT2D eigenvalue weighted by atomic mass is 35.5. The zero-order valence-electron chi connectivity index (χ0n) is 10.1. The van der Waals surface area contributed by atoms with Gasteiger partial charge in [-0.2, -0.15) is 0 Å². The van der Waals surface area contributed by atoms with E-state index in [1.165, 1.54) is 0 Å². The molecule has 0 radical (unpaired) electrons. The molecule has 1 aromatic carbocycles. The molecule has 0 aromatic heterocycles. The molecule has 2 aliphatic rings. The van der Waals surface area contributed by atoms with Crippen molar-refractivity contribution in [1.29, 1.82) is 0 Å². The number of rotatable bonds is 2. The maximum absolute atomic E-state index is 6.25. The van der Waals surface area contributed by atoms with Crippen LogP contribution < -0.4 is 14.8 Å². The molecule has 98 valence electrons. The number of hydrogen-bond donors (Lipinski definition) is 1. The number of halogens is 1. The normalized spacial score (nSPS) is 19.6. The first-order valence-corrected chi connectivity index (χ1v) is 6.64. The van der Waals surface area contributed by atoms with Crippen molar-refractivity contribution in [3.8, 4) is 11.5 Å². The molecule has 4 nitrogen and oxygen atoms in total. The Morgan fingerprint density at radius 2 is 1.67 bits per heavy atom. The Morgan fingerprint density at radius 1 is 1.00 bits per heavy atom. The molecule has 1 saturated heterocycles. The lowest BCUT2D eigenvalue weighted by Crippen LogP contribution is -2.28. The minimum absolute atomic E-state index is 0.416. The van der Waals surface area contributed by atoms with E-state index in [4.69, 9.17) is 25.8 Å². The van der Waals surface area contributed by atoms with Gasteiger partial charge in [-0.05, 0) is 12.8 Å². The number of benzene rings is 1. The van der Waals surface area contributed by atoms with E-state index in [1.54, 1.807) is 0 Å². The van der Waals surface area contributed by atoms with Crippen LogP contribution in [0.2, 0.25) is 5.02 Å². The largest absolute Gasteiger partial charge is 0.486 e. The van der Waals surface area contributed by atoms with Gasteiger partial charge in [0, 0.05) is 31.4 Å². The highest BCUT2D eigenvalue weighted by molar-refractivity contribution is 6.33. The minimum atomic E-state index is 0.416. The quantitative estimate of drug-likeness (QED) is 0.896. The Hall–Kier alpha value is -1.13. The molecule has 1 N–H and O–H groups in total. The van der Waals surface area contributed by atoms with Crippen LogP contribution in [-0.2, 0) is 4.74 Å². The third-order valence-corrected chi connectivity index (χ3v) is 3.53. The standard InChI is InChI=1S/C13H16ClNO3/c14-10-7-12-13(18-6-5-17-12)8-11(10)15-9-1-3-16-4-2-9/h7-9,15H,1-6H2. The fourth-order valence-corrected chi connectivity index (χ4v) is 2.44. The second kappa shape index (κ2) is 5.24. The van der Waals surface area contributed by atoms with E-state index < -0.39 is 0 Å².